The van der Waals surface area contributed by atoms with E-state index in [0.29, 0.717) is 5.56 Å². The van der Waals surface area contributed by atoms with E-state index in [1.54, 1.807) is 0 Å². The molecule has 0 aliphatic rings. The predicted octanol–water partition coefficient (Wildman–Crippen LogP) is 1.60. The number of aromatic hydroxyl groups is 3. The summed E-state index contributed by atoms with van der Waals surface area (Å²) in [6.45, 7) is 0. The lowest BCUT2D eigenvalue weighted by atomic mass is 9.99. The fourth-order valence-electron chi connectivity index (χ4n) is 2.07. The highest BCUT2D eigenvalue weighted by atomic mass is 16.5. The zero-order valence-electron chi connectivity index (χ0n) is 11.9. The fraction of sp³-hybridized carbons (Fsp3) is 0.188. The zero-order valence-corrected chi connectivity index (χ0v) is 11.9. The van der Waals surface area contributed by atoms with Gasteiger partial charge in [-0.05, 0) is 29.8 Å². The van der Waals surface area contributed by atoms with E-state index < -0.39 is 11.9 Å². The minimum atomic E-state index is -1.35. The van der Waals surface area contributed by atoms with Crippen LogP contribution in [0.4, 0.5) is 0 Å². The van der Waals surface area contributed by atoms with Crippen molar-refractivity contribution in [3.05, 3.63) is 47.5 Å². The number of carbonyl (C=O) groups is 1. The maximum atomic E-state index is 12.3. The smallest absolute Gasteiger partial charge is 0.195 e. The van der Waals surface area contributed by atoms with Gasteiger partial charge in [-0.3, -0.25) is 4.79 Å². The summed E-state index contributed by atoms with van der Waals surface area (Å²) in [5.41, 5.74) is 0.643. The SMILES string of the molecule is COc1cc(O)ccc1C(=O)[C@H](O)Cc1ccc(O)c(O)c1. The number of rotatable bonds is 5. The number of hydrogen-bond acceptors (Lipinski definition) is 6. The first-order valence-corrected chi connectivity index (χ1v) is 6.52. The molecule has 0 saturated heterocycles. The van der Waals surface area contributed by atoms with E-state index in [-0.39, 0.29) is 35.0 Å². The van der Waals surface area contributed by atoms with Gasteiger partial charge in [0.05, 0.1) is 12.7 Å². The minimum Gasteiger partial charge on any atom is -0.508 e. The van der Waals surface area contributed by atoms with E-state index in [1.807, 2.05) is 0 Å². The summed E-state index contributed by atoms with van der Waals surface area (Å²) >= 11 is 0. The van der Waals surface area contributed by atoms with Crippen molar-refractivity contribution in [1.29, 1.82) is 0 Å². The molecule has 0 bridgehead atoms. The standard InChI is InChI=1S/C16H16O6/c1-22-15-8-10(17)3-4-11(15)16(21)14(20)7-9-2-5-12(18)13(19)6-9/h2-6,8,14,17-20H,7H2,1H3/t14-/m1/s1. The van der Waals surface area contributed by atoms with Gasteiger partial charge in [0, 0.05) is 12.5 Å². The molecule has 0 aromatic heterocycles. The van der Waals surface area contributed by atoms with Crippen molar-refractivity contribution in [2.24, 2.45) is 0 Å². The maximum absolute atomic E-state index is 12.3. The lowest BCUT2D eigenvalue weighted by Crippen LogP contribution is -2.23. The van der Waals surface area contributed by atoms with Gasteiger partial charge in [0.15, 0.2) is 17.3 Å². The third kappa shape index (κ3) is 3.29. The van der Waals surface area contributed by atoms with Crippen LogP contribution >= 0.6 is 0 Å². The quantitative estimate of drug-likeness (QED) is 0.494. The largest absolute Gasteiger partial charge is 0.508 e. The fourth-order valence-corrected chi connectivity index (χ4v) is 2.07. The Morgan fingerprint density at radius 1 is 1.09 bits per heavy atom. The van der Waals surface area contributed by atoms with Crippen molar-refractivity contribution in [1.82, 2.24) is 0 Å². The van der Waals surface area contributed by atoms with Crippen LogP contribution < -0.4 is 4.74 Å². The molecule has 22 heavy (non-hydrogen) atoms. The molecule has 2 aromatic rings. The molecule has 2 aromatic carbocycles. The van der Waals surface area contributed by atoms with Gasteiger partial charge in [-0.1, -0.05) is 6.07 Å². The van der Waals surface area contributed by atoms with Gasteiger partial charge in [0.1, 0.15) is 17.6 Å². The van der Waals surface area contributed by atoms with Crippen LogP contribution in [0.2, 0.25) is 0 Å². The van der Waals surface area contributed by atoms with Crippen molar-refractivity contribution >= 4 is 5.78 Å². The molecule has 0 saturated carbocycles. The second-order valence-electron chi connectivity index (χ2n) is 4.79. The van der Waals surface area contributed by atoms with Crippen LogP contribution in [0.5, 0.6) is 23.0 Å². The monoisotopic (exact) mass is 304 g/mol. The molecule has 1 atom stereocenters. The number of aliphatic hydroxyl groups is 1. The Morgan fingerprint density at radius 2 is 1.82 bits per heavy atom. The van der Waals surface area contributed by atoms with Gasteiger partial charge in [0.25, 0.3) is 0 Å². The second kappa shape index (κ2) is 6.36. The van der Waals surface area contributed by atoms with Crippen LogP contribution in [0.15, 0.2) is 36.4 Å². The first-order valence-electron chi connectivity index (χ1n) is 6.52. The first-order chi connectivity index (χ1) is 10.4. The normalized spacial score (nSPS) is 11.9. The van der Waals surface area contributed by atoms with Crippen LogP contribution in [-0.4, -0.2) is 39.4 Å². The van der Waals surface area contributed by atoms with Crippen molar-refractivity contribution in [3.63, 3.8) is 0 Å². The van der Waals surface area contributed by atoms with Gasteiger partial charge in [-0.15, -0.1) is 0 Å². The zero-order chi connectivity index (χ0) is 16.3. The Hall–Kier alpha value is -2.73. The summed E-state index contributed by atoms with van der Waals surface area (Å²) in [4.78, 5) is 12.3. The number of benzene rings is 2. The molecule has 0 aliphatic heterocycles. The van der Waals surface area contributed by atoms with E-state index in [9.17, 15) is 25.2 Å². The van der Waals surface area contributed by atoms with Gasteiger partial charge in [-0.2, -0.15) is 0 Å². The highest BCUT2D eigenvalue weighted by molar-refractivity contribution is 6.02. The number of carbonyl (C=O) groups excluding carboxylic acids is 1. The van der Waals surface area contributed by atoms with Crippen molar-refractivity contribution in [2.45, 2.75) is 12.5 Å². The number of hydrogen-bond donors (Lipinski definition) is 4. The highest BCUT2D eigenvalue weighted by Gasteiger charge is 2.22. The summed E-state index contributed by atoms with van der Waals surface area (Å²) in [5.74, 6) is -1.04. The van der Waals surface area contributed by atoms with Crippen LogP contribution in [0.3, 0.4) is 0 Å². The number of methoxy groups -OCH3 is 1. The predicted molar refractivity (Wildman–Crippen MR) is 78.5 cm³/mol. The van der Waals surface area contributed by atoms with Crippen molar-refractivity contribution in [3.8, 4) is 23.0 Å². The van der Waals surface area contributed by atoms with E-state index in [0.717, 1.165) is 0 Å². The molecule has 2 rings (SSSR count). The molecular weight excluding hydrogens is 288 g/mol. The summed E-state index contributed by atoms with van der Waals surface area (Å²) in [6.07, 6.45) is -1.38. The maximum Gasteiger partial charge on any atom is 0.195 e. The van der Waals surface area contributed by atoms with E-state index >= 15 is 0 Å². The van der Waals surface area contributed by atoms with Crippen LogP contribution in [0, 0.1) is 0 Å². The van der Waals surface area contributed by atoms with E-state index in [1.165, 1.54) is 43.5 Å². The number of phenolic OH excluding ortho intramolecular Hbond substituents is 3. The topological polar surface area (TPSA) is 107 Å². The van der Waals surface area contributed by atoms with E-state index in [2.05, 4.69) is 0 Å². The molecule has 0 amide bonds. The summed E-state index contributed by atoms with van der Waals surface area (Å²) in [6, 6.07) is 8.04. The molecule has 116 valence electrons. The number of phenols is 3. The molecule has 6 nitrogen and oxygen atoms in total. The Kier molecular flexibility index (Phi) is 4.53. The third-order valence-electron chi connectivity index (χ3n) is 3.22. The number of Topliss-reactive ketones (excluding diaryl/α,β-unsaturated/α-hetero) is 1. The van der Waals surface area contributed by atoms with Crippen molar-refractivity contribution in [2.75, 3.05) is 7.11 Å². The van der Waals surface area contributed by atoms with Crippen LogP contribution in [0.25, 0.3) is 0 Å². The molecule has 0 unspecified atom stereocenters. The lowest BCUT2D eigenvalue weighted by Gasteiger charge is -2.13. The summed E-state index contributed by atoms with van der Waals surface area (Å²) in [5, 5.41) is 38.1. The molecule has 0 aliphatic carbocycles. The Bertz CT molecular complexity index is 695. The summed E-state index contributed by atoms with van der Waals surface area (Å²) < 4.78 is 5.02. The van der Waals surface area contributed by atoms with Gasteiger partial charge in [0.2, 0.25) is 0 Å². The number of ketones is 1. The van der Waals surface area contributed by atoms with Crippen LogP contribution in [0.1, 0.15) is 15.9 Å². The average Bonchev–Trinajstić information content (AvgIpc) is 2.50. The Labute approximate surface area is 126 Å². The van der Waals surface area contributed by atoms with Crippen molar-refractivity contribution < 1.29 is 30.0 Å². The lowest BCUT2D eigenvalue weighted by molar-refractivity contribution is 0.0744. The van der Waals surface area contributed by atoms with Crippen LogP contribution in [-0.2, 0) is 6.42 Å². The van der Waals surface area contributed by atoms with Gasteiger partial charge < -0.3 is 25.2 Å². The molecule has 0 spiro atoms. The number of ether oxygens (including phenoxy) is 1. The molecular formula is C16H16O6. The Morgan fingerprint density at radius 3 is 2.45 bits per heavy atom. The second-order valence-corrected chi connectivity index (χ2v) is 4.79. The molecule has 4 N–H and O–H groups in total. The average molecular weight is 304 g/mol. The molecule has 0 heterocycles. The number of aliphatic hydroxyl groups excluding tert-OH is 1. The van der Waals surface area contributed by atoms with Gasteiger partial charge >= 0.3 is 0 Å². The van der Waals surface area contributed by atoms with Gasteiger partial charge in [-0.25, -0.2) is 0 Å². The molecule has 6 heteroatoms. The first kappa shape index (κ1) is 15.7. The highest BCUT2D eigenvalue weighted by Crippen LogP contribution is 2.27. The Balaban J connectivity index is 2.20. The molecule has 0 fully saturated rings. The summed E-state index contributed by atoms with van der Waals surface area (Å²) in [7, 11) is 1.36. The minimum absolute atomic E-state index is 0.0310. The van der Waals surface area contributed by atoms with E-state index in [4.69, 9.17) is 4.74 Å². The molecule has 0 radical (unpaired) electrons. The third-order valence-corrected chi connectivity index (χ3v) is 3.22.